The van der Waals surface area contributed by atoms with Crippen molar-refractivity contribution in [3.63, 3.8) is 0 Å². The summed E-state index contributed by atoms with van der Waals surface area (Å²) in [6.07, 6.45) is 5.44. The maximum absolute atomic E-state index is 12.7. The van der Waals surface area contributed by atoms with Gasteiger partial charge in [-0.15, -0.1) is 0 Å². The molecule has 4 aromatic rings. The Kier molecular flexibility index (Phi) is 8.16. The fourth-order valence-corrected chi connectivity index (χ4v) is 5.24. The number of hydrogen-bond donors (Lipinski definition) is 2. The molecule has 2 N–H and O–H groups in total. The Bertz CT molecular complexity index is 1580. The van der Waals surface area contributed by atoms with Crippen LogP contribution < -0.4 is 15.4 Å². The molecule has 0 spiro atoms. The Balaban J connectivity index is 1.30. The van der Waals surface area contributed by atoms with Crippen LogP contribution in [0.3, 0.4) is 0 Å². The van der Waals surface area contributed by atoms with Crippen molar-refractivity contribution in [1.29, 1.82) is 0 Å². The van der Waals surface area contributed by atoms with Gasteiger partial charge < -0.3 is 20.1 Å². The van der Waals surface area contributed by atoms with E-state index >= 15 is 0 Å². The molecule has 0 atom stereocenters. The zero-order chi connectivity index (χ0) is 28.0. The number of aliphatic imine (C=N–C) groups is 1. The average molecular weight is 551 g/mol. The van der Waals surface area contributed by atoms with E-state index in [9.17, 15) is 4.79 Å². The zero-order valence-electron chi connectivity index (χ0n) is 23.2. The summed E-state index contributed by atoms with van der Waals surface area (Å²) in [7, 11) is 1.65. The Labute approximate surface area is 239 Å². The number of hydrogen-bond acceptors (Lipinski definition) is 8. The quantitative estimate of drug-likeness (QED) is 0.254. The molecule has 2 aliphatic heterocycles. The summed E-state index contributed by atoms with van der Waals surface area (Å²) in [5, 5.41) is 7.40. The Morgan fingerprint density at radius 1 is 0.951 bits per heavy atom. The van der Waals surface area contributed by atoms with Crippen LogP contribution in [0.2, 0.25) is 0 Å². The fourth-order valence-electron chi connectivity index (χ4n) is 5.24. The van der Waals surface area contributed by atoms with Crippen LogP contribution in [0.4, 0.5) is 17.2 Å². The van der Waals surface area contributed by atoms with Gasteiger partial charge in [0, 0.05) is 35.6 Å². The van der Waals surface area contributed by atoms with Gasteiger partial charge in [-0.1, -0.05) is 24.6 Å². The number of rotatable bonds is 10. The van der Waals surface area contributed by atoms with Crippen molar-refractivity contribution in [2.75, 3.05) is 50.6 Å². The predicted molar refractivity (Wildman–Crippen MR) is 162 cm³/mol. The van der Waals surface area contributed by atoms with Gasteiger partial charge in [-0.05, 0) is 79.5 Å². The lowest BCUT2D eigenvalue weighted by Crippen LogP contribution is -2.36. The first kappa shape index (κ1) is 26.9. The van der Waals surface area contributed by atoms with E-state index in [-0.39, 0.29) is 5.91 Å². The van der Waals surface area contributed by atoms with Crippen LogP contribution in [0.5, 0.6) is 5.75 Å². The van der Waals surface area contributed by atoms with Crippen molar-refractivity contribution in [2.45, 2.75) is 25.8 Å². The second-order valence-electron chi connectivity index (χ2n) is 10.4. The first-order chi connectivity index (χ1) is 20.1. The fraction of sp³-hybridized carbons (Fsp3) is 0.312. The summed E-state index contributed by atoms with van der Waals surface area (Å²) in [6.45, 7) is 4.02. The van der Waals surface area contributed by atoms with Crippen molar-refractivity contribution >= 4 is 40.2 Å². The van der Waals surface area contributed by atoms with Gasteiger partial charge >= 0.3 is 0 Å². The van der Waals surface area contributed by atoms with Crippen LogP contribution in [0.25, 0.3) is 22.3 Å². The smallest absolute Gasteiger partial charge is 0.238 e. The number of piperidine rings is 1. The third kappa shape index (κ3) is 6.53. The summed E-state index contributed by atoms with van der Waals surface area (Å²) in [5.74, 6) is 1.93. The number of nitrogens with zero attached hydrogens (tertiary/aromatic N) is 4. The molecule has 0 saturated carbocycles. The molecule has 3 heterocycles. The van der Waals surface area contributed by atoms with Gasteiger partial charge in [0.15, 0.2) is 5.82 Å². The van der Waals surface area contributed by atoms with Crippen LogP contribution >= 0.6 is 0 Å². The molecule has 0 aliphatic carbocycles. The van der Waals surface area contributed by atoms with Gasteiger partial charge in [-0.25, -0.2) is 9.97 Å². The van der Waals surface area contributed by atoms with Crippen molar-refractivity contribution in [1.82, 2.24) is 14.9 Å². The predicted octanol–water partition coefficient (Wildman–Crippen LogP) is 5.42. The summed E-state index contributed by atoms with van der Waals surface area (Å²) in [4.78, 5) is 29.2. The van der Waals surface area contributed by atoms with E-state index in [4.69, 9.17) is 19.4 Å². The maximum Gasteiger partial charge on any atom is 0.238 e. The highest BCUT2D eigenvalue weighted by molar-refractivity contribution is 5.95. The van der Waals surface area contributed by atoms with E-state index in [1.165, 1.54) is 12.0 Å². The molecule has 41 heavy (non-hydrogen) atoms. The molecule has 0 radical (unpaired) electrons. The minimum Gasteiger partial charge on any atom is -0.491 e. The van der Waals surface area contributed by atoms with Crippen LogP contribution in [0.15, 0.2) is 65.7 Å². The largest absolute Gasteiger partial charge is 0.491 e. The van der Waals surface area contributed by atoms with E-state index in [1.54, 1.807) is 7.11 Å². The number of anilines is 3. The van der Waals surface area contributed by atoms with Crippen LogP contribution in [-0.2, 0) is 16.1 Å². The molecule has 3 aromatic carbocycles. The topological polar surface area (TPSA) is 101 Å². The number of methoxy groups -OCH3 is 1. The van der Waals surface area contributed by atoms with Gasteiger partial charge in [0.25, 0.3) is 0 Å². The normalized spacial score (nSPS) is 14.7. The van der Waals surface area contributed by atoms with Crippen molar-refractivity contribution in [3.8, 4) is 17.1 Å². The number of likely N-dealkylation sites (tertiary alicyclic amines) is 1. The number of carbonyl (C=O) groups is 1. The molecular formula is C32H34N6O3. The highest BCUT2D eigenvalue weighted by atomic mass is 16.5. The summed E-state index contributed by atoms with van der Waals surface area (Å²) in [6, 6.07) is 19.7. The van der Waals surface area contributed by atoms with E-state index in [0.717, 1.165) is 59.3 Å². The first-order valence-corrected chi connectivity index (χ1v) is 14.1. The molecule has 0 unspecified atom stereocenters. The summed E-state index contributed by atoms with van der Waals surface area (Å²) in [5.41, 5.74) is 5.53. The summed E-state index contributed by atoms with van der Waals surface area (Å²) >= 11 is 0. The van der Waals surface area contributed by atoms with Gasteiger partial charge in [0.05, 0.1) is 25.2 Å². The zero-order valence-corrected chi connectivity index (χ0v) is 23.2. The molecule has 1 aromatic heterocycles. The lowest BCUT2D eigenvalue weighted by Gasteiger charge is -2.25. The first-order valence-electron chi connectivity index (χ1n) is 14.1. The molecule has 2 aliphatic rings. The highest BCUT2D eigenvalue weighted by Gasteiger charge is 2.16. The van der Waals surface area contributed by atoms with Gasteiger partial charge in [-0.2, -0.15) is 0 Å². The van der Waals surface area contributed by atoms with Crippen LogP contribution in [0.1, 0.15) is 30.4 Å². The third-order valence-electron chi connectivity index (χ3n) is 7.34. The van der Waals surface area contributed by atoms with E-state index < -0.39 is 0 Å². The Morgan fingerprint density at radius 3 is 2.73 bits per heavy atom. The molecule has 9 nitrogen and oxygen atoms in total. The number of nitrogens with one attached hydrogen (secondary N) is 2. The SMILES string of the molecule is COCCOc1ccc2nc(-c3cccc(NC(=O)CN4CCCCC4)c3)nc(Nc3ccc4c(c3)C=NC4)c2c1. The second-order valence-corrected chi connectivity index (χ2v) is 10.4. The number of aromatic nitrogens is 2. The minimum atomic E-state index is -0.00742. The Morgan fingerprint density at radius 2 is 1.85 bits per heavy atom. The minimum absolute atomic E-state index is 0.00742. The van der Waals surface area contributed by atoms with E-state index in [0.29, 0.717) is 43.7 Å². The number of amides is 1. The van der Waals surface area contributed by atoms with E-state index in [1.807, 2.05) is 54.7 Å². The molecular weight excluding hydrogens is 516 g/mol. The van der Waals surface area contributed by atoms with Crippen LogP contribution in [-0.4, -0.2) is 66.9 Å². The standard InChI is InChI=1S/C32H34N6O3/c1-40-14-15-41-27-10-11-29-28(18-27)32(35-26-9-8-23-19-33-20-24(23)17-26)37-31(36-29)22-6-5-7-25(16-22)34-30(39)21-38-12-3-2-4-13-38/h5-11,16-18,20H,2-4,12-15,19,21H2,1H3,(H,34,39)(H,35,36,37). The van der Waals surface area contributed by atoms with Crippen molar-refractivity contribution in [2.24, 2.45) is 4.99 Å². The molecule has 9 heteroatoms. The van der Waals surface area contributed by atoms with Crippen molar-refractivity contribution < 1.29 is 14.3 Å². The maximum atomic E-state index is 12.7. The van der Waals surface area contributed by atoms with Crippen LogP contribution in [0, 0.1) is 0 Å². The molecule has 0 bridgehead atoms. The van der Waals surface area contributed by atoms with Crippen molar-refractivity contribution in [3.05, 3.63) is 71.8 Å². The Hall–Kier alpha value is -4.34. The van der Waals surface area contributed by atoms with E-state index in [2.05, 4.69) is 32.7 Å². The molecule has 1 amide bonds. The number of benzene rings is 3. The second kappa shape index (κ2) is 12.4. The van der Waals surface area contributed by atoms with Gasteiger partial charge in [0.2, 0.25) is 5.91 Å². The highest BCUT2D eigenvalue weighted by Crippen LogP contribution is 2.32. The number of fused-ring (bicyclic) bond motifs is 2. The lowest BCUT2D eigenvalue weighted by atomic mass is 10.1. The molecule has 1 saturated heterocycles. The lowest BCUT2D eigenvalue weighted by molar-refractivity contribution is -0.117. The van der Waals surface area contributed by atoms with Gasteiger partial charge in [-0.3, -0.25) is 14.7 Å². The summed E-state index contributed by atoms with van der Waals surface area (Å²) < 4.78 is 11.0. The number of ether oxygens (including phenoxy) is 2. The van der Waals surface area contributed by atoms with Gasteiger partial charge in [0.1, 0.15) is 18.2 Å². The molecule has 210 valence electrons. The molecule has 6 rings (SSSR count). The monoisotopic (exact) mass is 550 g/mol. The third-order valence-corrected chi connectivity index (χ3v) is 7.34. The molecule has 1 fully saturated rings. The number of carbonyl (C=O) groups excluding carboxylic acids is 1. The average Bonchev–Trinajstić information content (AvgIpc) is 3.46.